The van der Waals surface area contributed by atoms with E-state index in [2.05, 4.69) is 5.32 Å². The van der Waals surface area contributed by atoms with Crippen molar-refractivity contribution < 1.29 is 14.0 Å². The van der Waals surface area contributed by atoms with Gasteiger partial charge in [0.25, 0.3) is 0 Å². The molecule has 1 fully saturated rings. The van der Waals surface area contributed by atoms with Crippen molar-refractivity contribution in [3.63, 3.8) is 0 Å². The number of carbonyl (C=O) groups is 2. The summed E-state index contributed by atoms with van der Waals surface area (Å²) >= 11 is 0. The molecule has 6 heteroatoms. The van der Waals surface area contributed by atoms with Crippen LogP contribution >= 0.6 is 0 Å². The minimum atomic E-state index is -0.403. The van der Waals surface area contributed by atoms with Crippen LogP contribution in [-0.2, 0) is 6.54 Å². The molecule has 0 atom stereocenters. The number of anilines is 1. The van der Waals surface area contributed by atoms with Crippen molar-refractivity contribution in [2.75, 3.05) is 31.1 Å². The number of halogens is 1. The van der Waals surface area contributed by atoms with Crippen LogP contribution in [0.3, 0.4) is 0 Å². The lowest BCUT2D eigenvalue weighted by Crippen LogP contribution is -2.51. The minimum Gasteiger partial charge on any atom is -0.366 e. The first-order valence-corrected chi connectivity index (χ1v) is 9.08. The fourth-order valence-electron chi connectivity index (χ4n) is 3.22. The second-order valence-electron chi connectivity index (χ2n) is 6.78. The number of benzene rings is 2. The molecule has 0 aliphatic carbocycles. The molecule has 2 amide bonds. The number of piperazine rings is 1. The first-order valence-electron chi connectivity index (χ1n) is 9.08. The van der Waals surface area contributed by atoms with Gasteiger partial charge in [-0.25, -0.2) is 9.18 Å². The van der Waals surface area contributed by atoms with E-state index in [4.69, 9.17) is 0 Å². The molecule has 1 heterocycles. The Morgan fingerprint density at radius 1 is 1.07 bits per heavy atom. The highest BCUT2D eigenvalue weighted by molar-refractivity contribution is 5.94. The fraction of sp³-hybridized carbons (Fsp3) is 0.333. The van der Waals surface area contributed by atoms with Crippen molar-refractivity contribution in [2.45, 2.75) is 20.4 Å². The van der Waals surface area contributed by atoms with Crippen LogP contribution in [0.15, 0.2) is 42.5 Å². The number of carbonyl (C=O) groups excluding carboxylic acids is 2. The predicted octanol–water partition coefficient (Wildman–Crippen LogP) is 3.37. The third-order valence-corrected chi connectivity index (χ3v) is 4.95. The zero-order chi connectivity index (χ0) is 19.4. The number of nitrogens with zero attached hydrogens (tertiary/aromatic N) is 2. The van der Waals surface area contributed by atoms with Gasteiger partial charge in [0.15, 0.2) is 5.78 Å². The zero-order valence-electron chi connectivity index (χ0n) is 15.7. The molecule has 0 radical (unpaired) electrons. The maximum atomic E-state index is 14.3. The summed E-state index contributed by atoms with van der Waals surface area (Å²) in [5.74, 6) is -0.559. The average molecular weight is 369 g/mol. The van der Waals surface area contributed by atoms with Crippen LogP contribution in [-0.4, -0.2) is 42.9 Å². The first kappa shape index (κ1) is 18.9. The molecule has 1 aliphatic rings. The SMILES string of the molecule is CC(=O)c1ccc(N2CCN(C(=O)NCc3ccccc3C)CC2)c(F)c1. The molecule has 142 valence electrons. The van der Waals surface area contributed by atoms with Gasteiger partial charge in [0.1, 0.15) is 5.82 Å². The lowest BCUT2D eigenvalue weighted by atomic mass is 10.1. The molecule has 1 N–H and O–H groups in total. The van der Waals surface area contributed by atoms with E-state index in [0.717, 1.165) is 11.1 Å². The standard InChI is InChI=1S/C21H24FN3O2/c1-15-5-3-4-6-18(15)14-23-21(27)25-11-9-24(10-12-25)20-8-7-17(16(2)26)13-19(20)22/h3-8,13H,9-12,14H2,1-2H3,(H,23,27). The number of ketones is 1. The fourth-order valence-corrected chi connectivity index (χ4v) is 3.22. The van der Waals surface area contributed by atoms with E-state index >= 15 is 0 Å². The third kappa shape index (κ3) is 4.45. The lowest BCUT2D eigenvalue weighted by molar-refractivity contribution is 0.101. The molecule has 5 nitrogen and oxygen atoms in total. The maximum Gasteiger partial charge on any atom is 0.317 e. The van der Waals surface area contributed by atoms with Crippen LogP contribution in [0.4, 0.5) is 14.9 Å². The van der Waals surface area contributed by atoms with Crippen LogP contribution in [0.25, 0.3) is 0 Å². The van der Waals surface area contributed by atoms with Crippen molar-refractivity contribution in [3.05, 3.63) is 65.0 Å². The van der Waals surface area contributed by atoms with E-state index in [1.165, 1.54) is 13.0 Å². The molecule has 0 aromatic heterocycles. The molecule has 0 unspecified atom stereocenters. The summed E-state index contributed by atoms with van der Waals surface area (Å²) in [4.78, 5) is 27.4. The second kappa shape index (κ2) is 8.20. The van der Waals surface area contributed by atoms with Crippen molar-refractivity contribution in [1.82, 2.24) is 10.2 Å². The van der Waals surface area contributed by atoms with Crippen LogP contribution in [0, 0.1) is 12.7 Å². The number of rotatable bonds is 4. The molecule has 3 rings (SSSR count). The molecule has 0 saturated carbocycles. The number of hydrogen-bond acceptors (Lipinski definition) is 3. The van der Waals surface area contributed by atoms with E-state index < -0.39 is 5.82 Å². The summed E-state index contributed by atoms with van der Waals surface area (Å²) in [5, 5.41) is 2.95. The van der Waals surface area contributed by atoms with Crippen molar-refractivity contribution in [1.29, 1.82) is 0 Å². The Morgan fingerprint density at radius 2 is 1.78 bits per heavy atom. The summed E-state index contributed by atoms with van der Waals surface area (Å²) in [7, 11) is 0. The Kier molecular flexibility index (Phi) is 5.74. The molecule has 0 spiro atoms. The average Bonchev–Trinajstić information content (AvgIpc) is 2.67. The molecule has 2 aromatic carbocycles. The number of amides is 2. The van der Waals surface area contributed by atoms with E-state index in [-0.39, 0.29) is 11.8 Å². The van der Waals surface area contributed by atoms with Crippen LogP contribution in [0.2, 0.25) is 0 Å². The lowest BCUT2D eigenvalue weighted by Gasteiger charge is -2.36. The quantitative estimate of drug-likeness (QED) is 0.841. The Morgan fingerprint density at radius 3 is 2.41 bits per heavy atom. The van der Waals surface area contributed by atoms with E-state index in [9.17, 15) is 14.0 Å². The van der Waals surface area contributed by atoms with Gasteiger partial charge in [-0.1, -0.05) is 24.3 Å². The Hall–Kier alpha value is -2.89. The summed E-state index contributed by atoms with van der Waals surface area (Å²) in [6.07, 6.45) is 0. The Balaban J connectivity index is 1.55. The topological polar surface area (TPSA) is 52.7 Å². The van der Waals surface area contributed by atoms with Crippen LogP contribution in [0.1, 0.15) is 28.4 Å². The summed E-state index contributed by atoms with van der Waals surface area (Å²) < 4.78 is 14.3. The Bertz CT molecular complexity index is 845. The molecule has 1 aliphatic heterocycles. The van der Waals surface area contributed by atoms with Crippen LogP contribution in [0.5, 0.6) is 0 Å². The number of aryl methyl sites for hydroxylation is 1. The third-order valence-electron chi connectivity index (χ3n) is 4.95. The monoisotopic (exact) mass is 369 g/mol. The van der Waals surface area contributed by atoms with Gasteiger partial charge in [-0.2, -0.15) is 0 Å². The zero-order valence-corrected chi connectivity index (χ0v) is 15.7. The molecular formula is C21H24FN3O2. The van der Waals surface area contributed by atoms with Gasteiger partial charge < -0.3 is 15.1 Å². The summed E-state index contributed by atoms with van der Waals surface area (Å²) in [6.45, 7) is 6.07. The van der Waals surface area contributed by atoms with Crippen molar-refractivity contribution >= 4 is 17.5 Å². The van der Waals surface area contributed by atoms with Gasteiger partial charge in [-0.05, 0) is 43.2 Å². The maximum absolute atomic E-state index is 14.3. The van der Waals surface area contributed by atoms with Gasteiger partial charge in [0.05, 0.1) is 5.69 Å². The van der Waals surface area contributed by atoms with Crippen molar-refractivity contribution in [2.24, 2.45) is 0 Å². The molecule has 1 saturated heterocycles. The van der Waals surface area contributed by atoms with Gasteiger partial charge in [-0.3, -0.25) is 4.79 Å². The van der Waals surface area contributed by atoms with E-state index in [1.54, 1.807) is 17.0 Å². The number of urea groups is 1. The first-order chi connectivity index (χ1) is 13.0. The smallest absolute Gasteiger partial charge is 0.317 e. The number of hydrogen-bond donors (Lipinski definition) is 1. The predicted molar refractivity (Wildman–Crippen MR) is 104 cm³/mol. The van der Waals surface area contributed by atoms with Gasteiger partial charge in [0, 0.05) is 38.3 Å². The van der Waals surface area contributed by atoms with E-state index in [0.29, 0.717) is 44.0 Å². The Labute approximate surface area is 158 Å². The van der Waals surface area contributed by atoms with Crippen LogP contribution < -0.4 is 10.2 Å². The highest BCUT2D eigenvalue weighted by Crippen LogP contribution is 2.22. The van der Waals surface area contributed by atoms with Gasteiger partial charge in [0.2, 0.25) is 0 Å². The molecular weight excluding hydrogens is 345 g/mol. The van der Waals surface area contributed by atoms with Gasteiger partial charge in [-0.15, -0.1) is 0 Å². The molecule has 2 aromatic rings. The van der Waals surface area contributed by atoms with Crippen molar-refractivity contribution in [3.8, 4) is 0 Å². The summed E-state index contributed by atoms with van der Waals surface area (Å²) in [6, 6.07) is 12.4. The van der Waals surface area contributed by atoms with E-state index in [1.807, 2.05) is 36.1 Å². The van der Waals surface area contributed by atoms with Gasteiger partial charge >= 0.3 is 6.03 Å². The highest BCUT2D eigenvalue weighted by atomic mass is 19.1. The number of nitrogens with one attached hydrogen (secondary N) is 1. The minimum absolute atomic E-state index is 0.106. The number of Topliss-reactive ketones (excluding diaryl/α,β-unsaturated/α-hetero) is 1. The normalized spacial score (nSPS) is 14.2. The molecule has 27 heavy (non-hydrogen) atoms. The molecule has 0 bridgehead atoms. The second-order valence-corrected chi connectivity index (χ2v) is 6.78. The highest BCUT2D eigenvalue weighted by Gasteiger charge is 2.23. The summed E-state index contributed by atoms with van der Waals surface area (Å²) in [5.41, 5.74) is 3.08. The largest absolute Gasteiger partial charge is 0.366 e.